The summed E-state index contributed by atoms with van der Waals surface area (Å²) in [7, 11) is -0.619. The van der Waals surface area contributed by atoms with Gasteiger partial charge in [-0.25, -0.2) is 9.55 Å². The Kier molecular flexibility index (Phi) is 9.96. The Morgan fingerprint density at radius 3 is 2.48 bits per heavy atom. The number of aromatic nitrogens is 4. The summed E-state index contributed by atoms with van der Waals surface area (Å²) in [5.74, 6) is -0.169. The molecule has 1 unspecified atom stereocenters. The van der Waals surface area contributed by atoms with Gasteiger partial charge in [0.05, 0.1) is 25.1 Å². The lowest BCUT2D eigenvalue weighted by Gasteiger charge is -2.29. The van der Waals surface area contributed by atoms with Gasteiger partial charge in [-0.3, -0.25) is 24.0 Å². The number of hydrogen-bond donors (Lipinski definition) is 3. The molecule has 44 heavy (non-hydrogen) atoms. The van der Waals surface area contributed by atoms with Crippen LogP contribution in [0, 0.1) is 5.41 Å². The largest absolute Gasteiger partial charge is 0.462 e. The fraction of sp³-hybridized carbons (Fsp3) is 0.536. The molecule has 1 aliphatic rings. The summed E-state index contributed by atoms with van der Waals surface area (Å²) in [5.41, 5.74) is -0.0769. The summed E-state index contributed by atoms with van der Waals surface area (Å²) in [4.78, 5) is 39.4. The second-order valence-corrected chi connectivity index (χ2v) is 13.3. The average Bonchev–Trinajstić information content (AvgIpc) is 3.44. The summed E-state index contributed by atoms with van der Waals surface area (Å²) < 4.78 is 38.7. The Morgan fingerprint density at radius 2 is 1.86 bits per heavy atom. The third-order valence-electron chi connectivity index (χ3n) is 6.86. The van der Waals surface area contributed by atoms with Gasteiger partial charge < -0.3 is 24.0 Å². The molecule has 1 aliphatic heterocycles. The minimum absolute atomic E-state index is 0.0851. The molecular weight excluding hydrogens is 593 g/mol. The van der Waals surface area contributed by atoms with Gasteiger partial charge in [0.25, 0.3) is 0 Å². The van der Waals surface area contributed by atoms with E-state index in [4.69, 9.17) is 18.5 Å². The molecule has 16 heteroatoms. The fourth-order valence-corrected chi connectivity index (χ4v) is 6.20. The highest BCUT2D eigenvalue weighted by molar-refractivity contribution is 7.52. The Balaban J connectivity index is 1.60. The number of nitrogens with one attached hydrogen (secondary N) is 2. The molecule has 15 nitrogen and oxygen atoms in total. The number of ether oxygens (including phenoxy) is 2. The van der Waals surface area contributed by atoms with Crippen molar-refractivity contribution in [2.75, 3.05) is 30.9 Å². The van der Waals surface area contributed by atoms with Crippen LogP contribution in [0.5, 0.6) is 5.75 Å². The number of nitrogens with zero attached hydrogens (tertiary/aromatic N) is 5. The van der Waals surface area contributed by atoms with Crippen molar-refractivity contribution in [3.8, 4) is 5.75 Å². The Hall–Kier alpha value is -3.62. The molecule has 1 amide bonds. The first-order valence-electron chi connectivity index (χ1n) is 14.1. The van der Waals surface area contributed by atoms with E-state index in [2.05, 4.69) is 25.4 Å². The normalized spacial score (nSPS) is 21.5. The van der Waals surface area contributed by atoms with Crippen molar-refractivity contribution in [2.24, 2.45) is 5.41 Å². The number of anilines is 2. The van der Waals surface area contributed by atoms with Crippen molar-refractivity contribution in [3.63, 3.8) is 0 Å². The Bertz CT molecular complexity index is 1530. The van der Waals surface area contributed by atoms with E-state index in [0.717, 1.165) is 0 Å². The fourth-order valence-electron chi connectivity index (χ4n) is 4.70. The molecule has 0 bridgehead atoms. The molecule has 1 saturated heterocycles. The van der Waals surface area contributed by atoms with E-state index in [1.807, 2.05) is 0 Å². The first-order chi connectivity index (χ1) is 20.6. The van der Waals surface area contributed by atoms with Gasteiger partial charge in [0.1, 0.15) is 24.1 Å². The number of esters is 1. The number of hydrogen-bond acceptors (Lipinski definition) is 12. The van der Waals surface area contributed by atoms with Crippen LogP contribution in [0.15, 0.2) is 36.7 Å². The highest BCUT2D eigenvalue weighted by atomic mass is 31.2. The van der Waals surface area contributed by atoms with Gasteiger partial charge in [-0.1, -0.05) is 32.0 Å². The monoisotopic (exact) mass is 633 g/mol. The molecule has 5 atom stereocenters. The zero-order valence-electron chi connectivity index (χ0n) is 26.0. The van der Waals surface area contributed by atoms with Gasteiger partial charge in [0.2, 0.25) is 11.9 Å². The van der Waals surface area contributed by atoms with Crippen molar-refractivity contribution in [2.45, 2.75) is 72.1 Å². The average molecular weight is 634 g/mol. The van der Waals surface area contributed by atoms with Crippen molar-refractivity contribution >= 4 is 42.6 Å². The minimum atomic E-state index is -4.20. The maximum atomic E-state index is 13.9. The molecule has 0 aliphatic carbocycles. The third kappa shape index (κ3) is 7.36. The topological polar surface area (TPSA) is 179 Å². The predicted molar refractivity (Wildman–Crippen MR) is 162 cm³/mol. The van der Waals surface area contributed by atoms with Crippen LogP contribution in [0.3, 0.4) is 0 Å². The lowest BCUT2D eigenvalue weighted by Crippen LogP contribution is -2.38. The number of carbonyl (C=O) groups excluding carboxylic acids is 2. The SMILES string of the molecule is CC(=O)Nc1nc(N(C)C)c2ncn([C@@H]3O[C@H](COP(=O)(N[C@@H](C)C(=O)OC(C)C)Oc4ccccc4)[C@@H](O)C3(C)C)c2n1. The molecule has 240 valence electrons. The molecule has 3 heterocycles. The van der Waals surface area contributed by atoms with Crippen molar-refractivity contribution in [1.29, 1.82) is 0 Å². The van der Waals surface area contributed by atoms with Crippen molar-refractivity contribution in [1.82, 2.24) is 24.6 Å². The van der Waals surface area contributed by atoms with E-state index in [1.165, 1.54) is 20.2 Å². The summed E-state index contributed by atoms with van der Waals surface area (Å²) >= 11 is 0. The highest BCUT2D eigenvalue weighted by Gasteiger charge is 2.52. The van der Waals surface area contributed by atoms with Gasteiger partial charge in [-0.2, -0.15) is 15.1 Å². The number of aliphatic hydroxyl groups is 1. The number of rotatable bonds is 12. The van der Waals surface area contributed by atoms with E-state index in [1.54, 1.807) is 81.6 Å². The molecule has 0 saturated carbocycles. The van der Waals surface area contributed by atoms with E-state index in [-0.39, 0.29) is 30.3 Å². The third-order valence-corrected chi connectivity index (χ3v) is 8.50. The summed E-state index contributed by atoms with van der Waals surface area (Å²) in [6.07, 6.45) is -1.71. The standard InChI is InChI=1S/C28H40N7O8P/c1-16(2)41-25(38)17(3)33-44(39,43-19-12-10-9-11-13-19)40-14-20-22(37)28(5,6)26(42-20)35-15-29-21-23(34(7)8)31-27(30-18(4)36)32-24(21)35/h9-13,15-17,20,22,26,37H,14H2,1-8H3,(H,33,39)(H,30,31,32,36)/t17-,20+,22+,26+,44?/m0/s1. The molecule has 3 aromatic rings. The van der Waals surface area contributed by atoms with E-state index in [9.17, 15) is 19.3 Å². The van der Waals surface area contributed by atoms with Crippen LogP contribution in [0.1, 0.15) is 47.8 Å². The number of fused-ring (bicyclic) bond motifs is 1. The van der Waals surface area contributed by atoms with E-state index in [0.29, 0.717) is 17.0 Å². The van der Waals surface area contributed by atoms with Crippen LogP contribution in [0.4, 0.5) is 11.8 Å². The molecule has 2 aromatic heterocycles. The van der Waals surface area contributed by atoms with Gasteiger partial charge >= 0.3 is 13.7 Å². The Labute approximate surface area is 255 Å². The maximum Gasteiger partial charge on any atom is 0.459 e. The van der Waals surface area contributed by atoms with Crippen LogP contribution in [0.25, 0.3) is 11.2 Å². The summed E-state index contributed by atoms with van der Waals surface area (Å²) in [6, 6.07) is 7.32. The second-order valence-electron chi connectivity index (χ2n) is 11.6. The highest BCUT2D eigenvalue weighted by Crippen LogP contribution is 2.49. The van der Waals surface area contributed by atoms with Crippen LogP contribution in [-0.4, -0.2) is 81.6 Å². The second kappa shape index (κ2) is 13.2. The first-order valence-corrected chi connectivity index (χ1v) is 15.7. The van der Waals surface area contributed by atoms with Gasteiger partial charge in [-0.05, 0) is 32.9 Å². The summed E-state index contributed by atoms with van der Waals surface area (Å²) in [6.45, 7) is 9.50. The molecule has 1 fully saturated rings. The predicted octanol–water partition coefficient (Wildman–Crippen LogP) is 3.27. The molecule has 0 radical (unpaired) electrons. The van der Waals surface area contributed by atoms with Crippen LogP contribution >= 0.6 is 7.75 Å². The molecule has 0 spiro atoms. The quantitative estimate of drug-likeness (QED) is 0.196. The lowest BCUT2D eigenvalue weighted by molar-refractivity contribution is -0.149. The number of amides is 1. The zero-order chi connectivity index (χ0) is 32.4. The van der Waals surface area contributed by atoms with Crippen LogP contribution < -0.4 is 19.8 Å². The van der Waals surface area contributed by atoms with Gasteiger partial charge in [-0.15, -0.1) is 0 Å². The van der Waals surface area contributed by atoms with Crippen molar-refractivity contribution in [3.05, 3.63) is 36.7 Å². The molecule has 3 N–H and O–H groups in total. The van der Waals surface area contributed by atoms with Gasteiger partial charge in [0, 0.05) is 26.4 Å². The van der Waals surface area contributed by atoms with E-state index < -0.39 is 43.6 Å². The van der Waals surface area contributed by atoms with Gasteiger partial charge in [0.15, 0.2) is 17.0 Å². The molecule has 4 rings (SSSR count). The zero-order valence-corrected chi connectivity index (χ0v) is 26.9. The minimum Gasteiger partial charge on any atom is -0.462 e. The number of imidazole rings is 1. The van der Waals surface area contributed by atoms with E-state index >= 15 is 0 Å². The first kappa shape index (κ1) is 33.3. The Morgan fingerprint density at radius 1 is 1.18 bits per heavy atom. The van der Waals surface area contributed by atoms with Crippen molar-refractivity contribution < 1.29 is 37.8 Å². The molecule has 1 aromatic carbocycles. The maximum absolute atomic E-state index is 13.9. The number of benzene rings is 1. The smallest absolute Gasteiger partial charge is 0.459 e. The van der Waals surface area contributed by atoms with Crippen LogP contribution in [-0.2, 0) is 28.2 Å². The molecular formula is C28H40N7O8P. The summed E-state index contributed by atoms with van der Waals surface area (Å²) in [5, 5.41) is 16.6. The number of aliphatic hydroxyl groups excluding tert-OH is 1. The lowest BCUT2D eigenvalue weighted by atomic mass is 9.84. The number of para-hydroxylation sites is 1. The van der Waals surface area contributed by atoms with Crippen LogP contribution in [0.2, 0.25) is 0 Å². The number of carbonyl (C=O) groups is 2.